The molecule has 10 heteroatoms. The first-order valence-electron chi connectivity index (χ1n) is 8.07. The third-order valence-corrected chi connectivity index (χ3v) is 4.34. The molecule has 0 radical (unpaired) electrons. The molecule has 26 heavy (non-hydrogen) atoms. The van der Waals surface area contributed by atoms with Crippen LogP contribution < -0.4 is 10.6 Å². The Balaban J connectivity index is 1.56. The number of benzene rings is 1. The van der Waals surface area contributed by atoms with Gasteiger partial charge < -0.3 is 20.4 Å². The molecule has 0 atom stereocenters. The van der Waals surface area contributed by atoms with E-state index in [1.807, 2.05) is 0 Å². The Labute approximate surface area is 152 Å². The van der Waals surface area contributed by atoms with Crippen LogP contribution in [0.4, 0.5) is 26.4 Å². The number of imidazole rings is 1. The van der Waals surface area contributed by atoms with Crippen molar-refractivity contribution in [2.45, 2.75) is 18.9 Å². The van der Waals surface area contributed by atoms with Crippen LogP contribution in [0.1, 0.15) is 12.8 Å². The second-order valence-corrected chi connectivity index (χ2v) is 6.32. The van der Waals surface area contributed by atoms with Crippen molar-refractivity contribution in [3.05, 3.63) is 35.0 Å². The van der Waals surface area contributed by atoms with Gasteiger partial charge in [0.25, 0.3) is 0 Å². The molecule has 0 unspecified atom stereocenters. The van der Waals surface area contributed by atoms with E-state index in [1.165, 1.54) is 0 Å². The van der Waals surface area contributed by atoms with Gasteiger partial charge in [-0.3, -0.25) is 0 Å². The molecule has 0 amide bonds. The van der Waals surface area contributed by atoms with Gasteiger partial charge in [0.15, 0.2) is 11.5 Å². The summed E-state index contributed by atoms with van der Waals surface area (Å²) in [5.41, 5.74) is 0.917. The number of ether oxygens (including phenoxy) is 1. The largest absolute Gasteiger partial charge is 0.381 e. The highest BCUT2D eigenvalue weighted by Crippen LogP contribution is 2.29. The summed E-state index contributed by atoms with van der Waals surface area (Å²) >= 11 is 5.88. The highest BCUT2D eigenvalue weighted by atomic mass is 35.5. The van der Waals surface area contributed by atoms with Gasteiger partial charge in [-0.15, -0.1) is 0 Å². The van der Waals surface area contributed by atoms with Crippen LogP contribution in [0.5, 0.6) is 0 Å². The van der Waals surface area contributed by atoms with Gasteiger partial charge in [0.2, 0.25) is 11.9 Å². The van der Waals surface area contributed by atoms with Gasteiger partial charge in [0.05, 0.1) is 16.9 Å². The van der Waals surface area contributed by atoms with E-state index in [2.05, 4.69) is 30.6 Å². The second kappa shape index (κ2) is 7.00. The summed E-state index contributed by atoms with van der Waals surface area (Å²) in [6.45, 7) is 1.42. The van der Waals surface area contributed by atoms with Gasteiger partial charge in [-0.05, 0) is 18.9 Å². The lowest BCUT2D eigenvalue weighted by Gasteiger charge is -2.22. The SMILES string of the molecule is Fc1cc(F)c(Nc2nc3nc(NC4CCOCC4)ncc3[nH]2)c(Cl)c1. The van der Waals surface area contributed by atoms with Gasteiger partial charge in [-0.2, -0.15) is 9.97 Å². The third kappa shape index (κ3) is 3.54. The molecule has 2 aromatic heterocycles. The fourth-order valence-electron chi connectivity index (χ4n) is 2.74. The molecule has 1 aromatic carbocycles. The first-order chi connectivity index (χ1) is 12.6. The van der Waals surface area contributed by atoms with Crippen LogP contribution in [0, 0.1) is 11.6 Å². The Kier molecular flexibility index (Phi) is 4.56. The molecule has 136 valence electrons. The Hall–Kier alpha value is -2.52. The standard InChI is InChI=1S/C16H15ClF2N6O/c17-10-5-8(18)6-11(19)13(10)23-16-22-12-7-20-15(24-14(12)25-16)21-9-1-3-26-4-2-9/h5-7,9H,1-4H2,(H3,20,21,22,23,24,25). The minimum Gasteiger partial charge on any atom is -0.381 e. The van der Waals surface area contributed by atoms with Crippen LogP contribution in [0.15, 0.2) is 18.3 Å². The maximum atomic E-state index is 13.9. The topological polar surface area (TPSA) is 87.8 Å². The molecule has 1 saturated heterocycles. The predicted octanol–water partition coefficient (Wildman–Crippen LogP) is 3.62. The number of hydrogen-bond donors (Lipinski definition) is 3. The van der Waals surface area contributed by atoms with Crippen molar-refractivity contribution in [1.29, 1.82) is 0 Å². The summed E-state index contributed by atoms with van der Waals surface area (Å²) in [6, 6.07) is 2.02. The van der Waals surface area contributed by atoms with Gasteiger partial charge in [0.1, 0.15) is 11.3 Å². The Morgan fingerprint density at radius 1 is 1.19 bits per heavy atom. The van der Waals surface area contributed by atoms with Crippen molar-refractivity contribution in [1.82, 2.24) is 19.9 Å². The molecular formula is C16H15ClF2N6O. The van der Waals surface area contributed by atoms with Gasteiger partial charge in [0, 0.05) is 25.3 Å². The molecule has 0 saturated carbocycles. The fourth-order valence-corrected chi connectivity index (χ4v) is 2.98. The average Bonchev–Trinajstić information content (AvgIpc) is 3.01. The van der Waals surface area contributed by atoms with Crippen LogP contribution in [0.25, 0.3) is 11.2 Å². The van der Waals surface area contributed by atoms with E-state index in [0.29, 0.717) is 30.3 Å². The first kappa shape index (κ1) is 16.9. The summed E-state index contributed by atoms with van der Waals surface area (Å²) in [7, 11) is 0. The predicted molar refractivity (Wildman–Crippen MR) is 93.8 cm³/mol. The number of hydrogen-bond acceptors (Lipinski definition) is 6. The quantitative estimate of drug-likeness (QED) is 0.640. The summed E-state index contributed by atoms with van der Waals surface area (Å²) < 4.78 is 32.4. The van der Waals surface area contributed by atoms with E-state index >= 15 is 0 Å². The Morgan fingerprint density at radius 3 is 2.77 bits per heavy atom. The molecule has 1 fully saturated rings. The van der Waals surface area contributed by atoms with Crippen LogP contribution in [0.2, 0.25) is 5.02 Å². The smallest absolute Gasteiger partial charge is 0.225 e. The number of nitrogens with zero attached hydrogens (tertiary/aromatic N) is 3. The lowest BCUT2D eigenvalue weighted by molar-refractivity contribution is 0.0903. The number of halogens is 3. The minimum absolute atomic E-state index is 0.0689. The maximum Gasteiger partial charge on any atom is 0.225 e. The fraction of sp³-hybridized carbons (Fsp3) is 0.312. The summed E-state index contributed by atoms with van der Waals surface area (Å²) in [6.07, 6.45) is 3.36. The molecule has 4 rings (SSSR count). The molecule has 0 bridgehead atoms. The van der Waals surface area contributed by atoms with E-state index in [-0.39, 0.29) is 22.7 Å². The monoisotopic (exact) mass is 380 g/mol. The van der Waals surface area contributed by atoms with Crippen molar-refractivity contribution < 1.29 is 13.5 Å². The normalized spacial score (nSPS) is 15.3. The van der Waals surface area contributed by atoms with Crippen LogP contribution in [-0.2, 0) is 4.74 Å². The molecule has 3 heterocycles. The van der Waals surface area contributed by atoms with Crippen molar-refractivity contribution in [3.63, 3.8) is 0 Å². The zero-order valence-electron chi connectivity index (χ0n) is 13.5. The molecule has 0 spiro atoms. The lowest BCUT2D eigenvalue weighted by Crippen LogP contribution is -2.28. The van der Waals surface area contributed by atoms with Gasteiger partial charge in [-0.25, -0.2) is 13.8 Å². The molecule has 7 nitrogen and oxygen atoms in total. The molecule has 3 N–H and O–H groups in total. The van der Waals surface area contributed by atoms with Crippen molar-refractivity contribution in [3.8, 4) is 0 Å². The van der Waals surface area contributed by atoms with E-state index in [4.69, 9.17) is 16.3 Å². The van der Waals surface area contributed by atoms with Crippen molar-refractivity contribution in [2.24, 2.45) is 0 Å². The van der Waals surface area contributed by atoms with Crippen molar-refractivity contribution in [2.75, 3.05) is 23.8 Å². The molecule has 0 aliphatic carbocycles. The number of rotatable bonds is 4. The van der Waals surface area contributed by atoms with Gasteiger partial charge >= 0.3 is 0 Å². The lowest BCUT2D eigenvalue weighted by atomic mass is 10.1. The zero-order valence-corrected chi connectivity index (χ0v) is 14.3. The average molecular weight is 381 g/mol. The number of aromatic amines is 1. The molecule has 1 aliphatic heterocycles. The highest BCUT2D eigenvalue weighted by molar-refractivity contribution is 6.33. The Morgan fingerprint density at radius 2 is 2.00 bits per heavy atom. The summed E-state index contributed by atoms with van der Waals surface area (Å²) in [5, 5.41) is 5.88. The summed E-state index contributed by atoms with van der Waals surface area (Å²) in [4.78, 5) is 15.8. The first-order valence-corrected chi connectivity index (χ1v) is 8.45. The van der Waals surface area contributed by atoms with E-state index in [0.717, 1.165) is 25.0 Å². The third-order valence-electron chi connectivity index (χ3n) is 4.04. The number of aromatic nitrogens is 4. The molecular weight excluding hydrogens is 366 g/mol. The van der Waals surface area contributed by atoms with E-state index < -0.39 is 11.6 Å². The molecule has 1 aliphatic rings. The zero-order chi connectivity index (χ0) is 18.1. The number of anilines is 3. The number of H-pyrrole nitrogens is 1. The number of nitrogens with one attached hydrogen (secondary N) is 3. The molecule has 3 aromatic rings. The maximum absolute atomic E-state index is 13.9. The van der Waals surface area contributed by atoms with Crippen LogP contribution in [-0.4, -0.2) is 39.2 Å². The van der Waals surface area contributed by atoms with E-state index in [9.17, 15) is 8.78 Å². The number of fused-ring (bicyclic) bond motifs is 1. The summed E-state index contributed by atoms with van der Waals surface area (Å²) in [5.74, 6) is -0.876. The van der Waals surface area contributed by atoms with Crippen LogP contribution >= 0.6 is 11.6 Å². The van der Waals surface area contributed by atoms with Gasteiger partial charge in [-0.1, -0.05) is 11.6 Å². The minimum atomic E-state index is -0.816. The highest BCUT2D eigenvalue weighted by Gasteiger charge is 2.16. The van der Waals surface area contributed by atoms with Crippen LogP contribution in [0.3, 0.4) is 0 Å². The van der Waals surface area contributed by atoms with E-state index in [1.54, 1.807) is 6.20 Å². The second-order valence-electron chi connectivity index (χ2n) is 5.92. The van der Waals surface area contributed by atoms with Crippen molar-refractivity contribution >= 4 is 40.3 Å². The Bertz CT molecular complexity index is 921.